The van der Waals surface area contributed by atoms with E-state index in [0.717, 1.165) is 6.04 Å². The van der Waals surface area contributed by atoms with Crippen molar-refractivity contribution in [1.82, 2.24) is 9.88 Å². The molecule has 0 aliphatic carbocycles. The van der Waals surface area contributed by atoms with Crippen molar-refractivity contribution in [3.05, 3.63) is 24.5 Å². The molecule has 2 atom stereocenters. The Hall–Kier alpha value is -1.09. The molecule has 0 bridgehead atoms. The van der Waals surface area contributed by atoms with E-state index in [1.54, 1.807) is 0 Å². The van der Waals surface area contributed by atoms with Crippen LogP contribution in [0, 0.1) is 0 Å². The van der Waals surface area contributed by atoms with Crippen LogP contribution in [0.5, 0.6) is 0 Å². The second kappa shape index (κ2) is 5.27. The largest absolute Gasteiger partial charge is 0.364 e. The molecule has 2 saturated heterocycles. The highest BCUT2D eigenvalue weighted by molar-refractivity contribution is 5.46. The Balaban J connectivity index is 1.80. The molecule has 0 amide bonds. The van der Waals surface area contributed by atoms with Gasteiger partial charge < -0.3 is 4.90 Å². The summed E-state index contributed by atoms with van der Waals surface area (Å²) in [7, 11) is 0. The van der Waals surface area contributed by atoms with Crippen molar-refractivity contribution in [3.63, 3.8) is 0 Å². The molecule has 2 aliphatic heterocycles. The van der Waals surface area contributed by atoms with Crippen LogP contribution in [-0.4, -0.2) is 41.6 Å². The van der Waals surface area contributed by atoms with Gasteiger partial charge >= 0.3 is 0 Å². The van der Waals surface area contributed by atoms with Crippen molar-refractivity contribution < 1.29 is 0 Å². The lowest BCUT2D eigenvalue weighted by molar-refractivity contribution is 0.111. The molecule has 0 N–H and O–H groups in total. The smallest absolute Gasteiger partial charge is 0.0556 e. The first-order chi connectivity index (χ1) is 8.88. The van der Waals surface area contributed by atoms with E-state index >= 15 is 0 Å². The van der Waals surface area contributed by atoms with Gasteiger partial charge in [-0.15, -0.1) is 0 Å². The van der Waals surface area contributed by atoms with Crippen molar-refractivity contribution in [2.24, 2.45) is 0 Å². The van der Waals surface area contributed by atoms with Crippen LogP contribution in [0.1, 0.15) is 32.6 Å². The third-order valence-corrected chi connectivity index (χ3v) is 4.49. The zero-order chi connectivity index (χ0) is 12.4. The van der Waals surface area contributed by atoms with E-state index in [-0.39, 0.29) is 0 Å². The molecule has 2 aliphatic rings. The van der Waals surface area contributed by atoms with Gasteiger partial charge in [-0.3, -0.25) is 9.88 Å². The third-order valence-electron chi connectivity index (χ3n) is 4.49. The summed E-state index contributed by atoms with van der Waals surface area (Å²) in [5.74, 6) is 0. The second-order valence-corrected chi connectivity index (χ2v) is 5.57. The normalized spacial score (nSPS) is 29.1. The maximum absolute atomic E-state index is 4.28. The van der Waals surface area contributed by atoms with Crippen LogP contribution in [0.25, 0.3) is 0 Å². The summed E-state index contributed by atoms with van der Waals surface area (Å²) in [5.41, 5.74) is 1.30. The highest BCUT2D eigenvalue weighted by atomic mass is 15.3. The van der Waals surface area contributed by atoms with Gasteiger partial charge in [0.2, 0.25) is 0 Å². The van der Waals surface area contributed by atoms with Gasteiger partial charge in [-0.2, -0.15) is 0 Å². The molecule has 2 fully saturated rings. The first kappa shape index (κ1) is 12.0. The Morgan fingerprint density at radius 2 is 2.28 bits per heavy atom. The summed E-state index contributed by atoms with van der Waals surface area (Å²) < 4.78 is 0. The Morgan fingerprint density at radius 1 is 1.33 bits per heavy atom. The molecular formula is C15H23N3. The molecule has 3 nitrogen and oxygen atoms in total. The molecule has 98 valence electrons. The quantitative estimate of drug-likeness (QED) is 0.798. The molecule has 3 heteroatoms. The van der Waals surface area contributed by atoms with E-state index in [1.807, 2.05) is 12.4 Å². The van der Waals surface area contributed by atoms with Crippen LogP contribution in [0.15, 0.2) is 24.5 Å². The number of piperidine rings is 1. The lowest BCUT2D eigenvalue weighted by atomic mass is 9.95. The predicted molar refractivity (Wildman–Crippen MR) is 74.9 cm³/mol. The molecule has 0 saturated carbocycles. The fourth-order valence-corrected chi connectivity index (χ4v) is 3.44. The standard InChI is InChI=1S/C15H23N3/c1-2-13-11-17-9-4-3-6-15(17)12-18(13)14-7-5-8-16-10-14/h5,7-8,10,13,15H,2-4,6,9,11-12H2,1H3. The summed E-state index contributed by atoms with van der Waals surface area (Å²) in [6.07, 6.45) is 9.26. The van der Waals surface area contributed by atoms with Crippen molar-refractivity contribution in [2.45, 2.75) is 44.7 Å². The number of hydrogen-bond donors (Lipinski definition) is 0. The Bertz CT molecular complexity index is 379. The summed E-state index contributed by atoms with van der Waals surface area (Å²) in [5, 5.41) is 0. The summed E-state index contributed by atoms with van der Waals surface area (Å²) in [4.78, 5) is 9.57. The highest BCUT2D eigenvalue weighted by Crippen LogP contribution is 2.28. The monoisotopic (exact) mass is 245 g/mol. The van der Waals surface area contributed by atoms with Crippen molar-refractivity contribution >= 4 is 5.69 Å². The van der Waals surface area contributed by atoms with E-state index in [9.17, 15) is 0 Å². The second-order valence-electron chi connectivity index (χ2n) is 5.57. The number of rotatable bonds is 2. The number of fused-ring (bicyclic) bond motifs is 1. The van der Waals surface area contributed by atoms with Crippen LogP contribution in [0.2, 0.25) is 0 Å². The van der Waals surface area contributed by atoms with E-state index < -0.39 is 0 Å². The van der Waals surface area contributed by atoms with Crippen molar-refractivity contribution in [3.8, 4) is 0 Å². The molecule has 0 aromatic carbocycles. The molecule has 0 spiro atoms. The van der Waals surface area contributed by atoms with E-state index in [2.05, 4.69) is 33.8 Å². The third kappa shape index (κ3) is 2.24. The minimum absolute atomic E-state index is 0.656. The average molecular weight is 245 g/mol. The highest BCUT2D eigenvalue weighted by Gasteiger charge is 2.34. The van der Waals surface area contributed by atoms with Gasteiger partial charge in [0.25, 0.3) is 0 Å². The molecule has 0 radical (unpaired) electrons. The molecular weight excluding hydrogens is 222 g/mol. The van der Waals surface area contributed by atoms with Crippen LogP contribution in [0.3, 0.4) is 0 Å². The zero-order valence-electron chi connectivity index (χ0n) is 11.3. The fraction of sp³-hybridized carbons (Fsp3) is 0.667. The SMILES string of the molecule is CCC1CN2CCCCC2CN1c1cccnc1. The predicted octanol–water partition coefficient (Wildman–Crippen LogP) is 2.53. The molecule has 1 aromatic heterocycles. The van der Waals surface area contributed by atoms with E-state index in [1.165, 1.54) is 51.0 Å². The van der Waals surface area contributed by atoms with Crippen LogP contribution in [0.4, 0.5) is 5.69 Å². The maximum Gasteiger partial charge on any atom is 0.0556 e. The zero-order valence-corrected chi connectivity index (χ0v) is 11.3. The lowest BCUT2D eigenvalue weighted by Crippen LogP contribution is -2.59. The summed E-state index contributed by atoms with van der Waals surface area (Å²) in [6.45, 7) is 6.03. The lowest BCUT2D eigenvalue weighted by Gasteiger charge is -2.49. The van der Waals surface area contributed by atoms with E-state index in [0.29, 0.717) is 6.04 Å². The van der Waals surface area contributed by atoms with Gasteiger partial charge in [0, 0.05) is 31.4 Å². The van der Waals surface area contributed by atoms with Gasteiger partial charge in [-0.05, 0) is 37.9 Å². The number of anilines is 1. The van der Waals surface area contributed by atoms with Crippen molar-refractivity contribution in [1.29, 1.82) is 0 Å². The first-order valence-electron chi connectivity index (χ1n) is 7.29. The van der Waals surface area contributed by atoms with Crippen LogP contribution in [-0.2, 0) is 0 Å². The first-order valence-corrected chi connectivity index (χ1v) is 7.29. The molecule has 18 heavy (non-hydrogen) atoms. The fourth-order valence-electron chi connectivity index (χ4n) is 3.44. The Kier molecular flexibility index (Phi) is 3.50. The molecule has 2 unspecified atom stereocenters. The molecule has 3 rings (SSSR count). The van der Waals surface area contributed by atoms with Gasteiger partial charge in [-0.1, -0.05) is 13.3 Å². The average Bonchev–Trinajstić information content (AvgIpc) is 2.46. The van der Waals surface area contributed by atoms with Gasteiger partial charge in [0.05, 0.1) is 11.9 Å². The van der Waals surface area contributed by atoms with Crippen LogP contribution < -0.4 is 4.90 Å². The van der Waals surface area contributed by atoms with Crippen LogP contribution >= 0.6 is 0 Å². The van der Waals surface area contributed by atoms with Gasteiger partial charge in [-0.25, -0.2) is 0 Å². The molecule has 1 aromatic rings. The maximum atomic E-state index is 4.28. The number of aromatic nitrogens is 1. The minimum atomic E-state index is 0.656. The number of hydrogen-bond acceptors (Lipinski definition) is 3. The Labute approximate surface area is 110 Å². The minimum Gasteiger partial charge on any atom is -0.364 e. The Morgan fingerprint density at radius 3 is 3.06 bits per heavy atom. The summed E-state index contributed by atoms with van der Waals surface area (Å²) >= 11 is 0. The molecule has 3 heterocycles. The number of nitrogens with zero attached hydrogens (tertiary/aromatic N) is 3. The van der Waals surface area contributed by atoms with Crippen molar-refractivity contribution in [2.75, 3.05) is 24.5 Å². The van der Waals surface area contributed by atoms with Gasteiger partial charge in [0.1, 0.15) is 0 Å². The number of pyridine rings is 1. The van der Waals surface area contributed by atoms with E-state index in [4.69, 9.17) is 0 Å². The van der Waals surface area contributed by atoms with Gasteiger partial charge in [0.15, 0.2) is 0 Å². The summed E-state index contributed by atoms with van der Waals surface area (Å²) in [6, 6.07) is 5.67. The topological polar surface area (TPSA) is 19.4 Å². The number of piperazine rings is 1.